The smallest absolute Gasteiger partial charge is 0.122 e. The average Bonchev–Trinajstić information content (AvgIpc) is 3.00. The Morgan fingerprint density at radius 1 is 1.14 bits per heavy atom. The largest absolute Gasteiger partial charge is 0.493 e. The van der Waals surface area contributed by atoms with Crippen LogP contribution < -0.4 is 15.8 Å². The summed E-state index contributed by atoms with van der Waals surface area (Å²) in [4.78, 5) is 0. The fraction of sp³-hybridized carbons (Fsp3) is 0.333. The first-order valence-corrected chi connectivity index (χ1v) is 7.54. The molecule has 0 radical (unpaired) electrons. The molecule has 0 fully saturated rings. The topological polar surface area (TPSA) is 47.3 Å². The van der Waals surface area contributed by atoms with Crippen molar-refractivity contribution in [1.82, 2.24) is 5.32 Å². The molecule has 3 heteroatoms. The van der Waals surface area contributed by atoms with Crippen molar-refractivity contribution in [3.63, 3.8) is 0 Å². The second-order valence-electron chi connectivity index (χ2n) is 5.55. The molecule has 3 nitrogen and oxygen atoms in total. The van der Waals surface area contributed by atoms with Gasteiger partial charge in [0.1, 0.15) is 5.75 Å². The van der Waals surface area contributed by atoms with Crippen LogP contribution in [0.1, 0.15) is 35.7 Å². The molecule has 0 bridgehead atoms. The first kappa shape index (κ1) is 14.1. The fourth-order valence-corrected chi connectivity index (χ4v) is 2.86. The van der Waals surface area contributed by atoms with Crippen LogP contribution in [0.25, 0.3) is 0 Å². The van der Waals surface area contributed by atoms with Crippen molar-refractivity contribution >= 4 is 0 Å². The molecule has 1 aliphatic heterocycles. The minimum atomic E-state index is 0.158. The predicted octanol–water partition coefficient (Wildman–Crippen LogP) is 2.97. The predicted molar refractivity (Wildman–Crippen MR) is 85.4 cm³/mol. The lowest BCUT2D eigenvalue weighted by atomic mass is 10.0. The zero-order valence-corrected chi connectivity index (χ0v) is 12.4. The van der Waals surface area contributed by atoms with Crippen LogP contribution in [-0.4, -0.2) is 13.2 Å². The number of nitrogens with one attached hydrogen (secondary N) is 1. The molecule has 0 amide bonds. The Balaban J connectivity index is 1.76. The Hall–Kier alpha value is -1.84. The summed E-state index contributed by atoms with van der Waals surface area (Å²) < 4.78 is 5.57. The Kier molecular flexibility index (Phi) is 4.23. The second kappa shape index (κ2) is 6.29. The van der Waals surface area contributed by atoms with Gasteiger partial charge in [-0.25, -0.2) is 0 Å². The van der Waals surface area contributed by atoms with E-state index in [0.29, 0.717) is 6.54 Å². The maximum absolute atomic E-state index is 5.98. The van der Waals surface area contributed by atoms with Crippen molar-refractivity contribution in [3.05, 3.63) is 65.2 Å². The van der Waals surface area contributed by atoms with Gasteiger partial charge in [0.05, 0.1) is 6.61 Å². The molecule has 0 saturated carbocycles. The highest BCUT2D eigenvalue weighted by molar-refractivity contribution is 5.41. The molecule has 2 aromatic carbocycles. The van der Waals surface area contributed by atoms with Gasteiger partial charge in [0.25, 0.3) is 0 Å². The van der Waals surface area contributed by atoms with Gasteiger partial charge in [-0.3, -0.25) is 0 Å². The maximum atomic E-state index is 5.98. The molecule has 0 spiro atoms. The molecule has 110 valence electrons. The Labute approximate surface area is 126 Å². The molecule has 3 N–H and O–H groups in total. The van der Waals surface area contributed by atoms with Crippen LogP contribution in [0.3, 0.4) is 0 Å². The van der Waals surface area contributed by atoms with Crippen LogP contribution in [-0.2, 0) is 6.42 Å². The molecule has 0 aliphatic carbocycles. The number of benzene rings is 2. The quantitative estimate of drug-likeness (QED) is 0.886. The van der Waals surface area contributed by atoms with E-state index in [0.717, 1.165) is 18.8 Å². The Morgan fingerprint density at radius 3 is 2.71 bits per heavy atom. The Morgan fingerprint density at radius 2 is 1.95 bits per heavy atom. The zero-order chi connectivity index (χ0) is 14.7. The molecule has 1 heterocycles. The molecule has 0 saturated heterocycles. The summed E-state index contributed by atoms with van der Waals surface area (Å²) in [7, 11) is 0. The summed E-state index contributed by atoms with van der Waals surface area (Å²) in [6.07, 6.45) is 0.995. The minimum absolute atomic E-state index is 0.158. The van der Waals surface area contributed by atoms with E-state index in [1.807, 2.05) is 6.07 Å². The molecular weight excluding hydrogens is 260 g/mol. The van der Waals surface area contributed by atoms with Crippen LogP contribution >= 0.6 is 0 Å². The van der Waals surface area contributed by atoms with Crippen molar-refractivity contribution in [1.29, 1.82) is 0 Å². The van der Waals surface area contributed by atoms with Crippen LogP contribution in [0, 0.1) is 0 Å². The molecule has 1 aliphatic rings. The summed E-state index contributed by atoms with van der Waals surface area (Å²) >= 11 is 0. The van der Waals surface area contributed by atoms with E-state index in [4.69, 9.17) is 10.5 Å². The molecule has 3 rings (SSSR count). The minimum Gasteiger partial charge on any atom is -0.493 e. The van der Waals surface area contributed by atoms with Gasteiger partial charge in [0.2, 0.25) is 0 Å². The van der Waals surface area contributed by atoms with E-state index < -0.39 is 0 Å². The lowest BCUT2D eigenvalue weighted by Gasteiger charge is -2.23. The van der Waals surface area contributed by atoms with E-state index >= 15 is 0 Å². The summed E-state index contributed by atoms with van der Waals surface area (Å²) in [6, 6.07) is 17.3. The highest BCUT2D eigenvalue weighted by atomic mass is 16.5. The second-order valence-corrected chi connectivity index (χ2v) is 5.55. The van der Waals surface area contributed by atoms with Gasteiger partial charge in [-0.1, -0.05) is 42.5 Å². The van der Waals surface area contributed by atoms with Crippen molar-refractivity contribution in [3.8, 4) is 5.75 Å². The number of nitrogens with two attached hydrogens (primary N) is 1. The number of hydrogen-bond acceptors (Lipinski definition) is 3. The summed E-state index contributed by atoms with van der Waals surface area (Å²) in [5, 5.41) is 3.62. The molecule has 2 aromatic rings. The molecular formula is C18H22N2O. The normalized spacial score (nSPS) is 16.1. The van der Waals surface area contributed by atoms with E-state index in [-0.39, 0.29) is 12.1 Å². The first-order valence-electron chi connectivity index (χ1n) is 7.54. The van der Waals surface area contributed by atoms with Gasteiger partial charge in [-0.2, -0.15) is 0 Å². The third-order valence-corrected chi connectivity index (χ3v) is 4.10. The van der Waals surface area contributed by atoms with Crippen LogP contribution in [0.2, 0.25) is 0 Å². The van der Waals surface area contributed by atoms with Gasteiger partial charge >= 0.3 is 0 Å². The van der Waals surface area contributed by atoms with Gasteiger partial charge in [-0.15, -0.1) is 0 Å². The first-order chi connectivity index (χ1) is 10.3. The zero-order valence-electron chi connectivity index (χ0n) is 12.4. The third kappa shape index (κ3) is 3.09. The van der Waals surface area contributed by atoms with Crippen molar-refractivity contribution in [2.75, 3.05) is 13.2 Å². The van der Waals surface area contributed by atoms with Crippen LogP contribution in [0.5, 0.6) is 5.75 Å². The molecule has 2 unspecified atom stereocenters. The highest BCUT2D eigenvalue weighted by Crippen LogP contribution is 2.28. The fourth-order valence-electron chi connectivity index (χ4n) is 2.86. The lowest BCUT2D eigenvalue weighted by molar-refractivity contribution is 0.356. The standard InChI is InChI=1S/C18H22N2O/c1-13(14-5-3-2-4-6-14)20-17(12-19)15-7-8-18-16(11-15)9-10-21-18/h2-8,11,13,17,20H,9-10,12,19H2,1H3. The number of hydrogen-bond donors (Lipinski definition) is 2. The van der Waals surface area contributed by atoms with Crippen LogP contribution in [0.15, 0.2) is 48.5 Å². The maximum Gasteiger partial charge on any atom is 0.122 e. The highest BCUT2D eigenvalue weighted by Gasteiger charge is 2.18. The van der Waals surface area contributed by atoms with Gasteiger partial charge in [0.15, 0.2) is 0 Å². The van der Waals surface area contributed by atoms with Crippen molar-refractivity contribution < 1.29 is 4.74 Å². The summed E-state index contributed by atoms with van der Waals surface area (Å²) in [5.41, 5.74) is 9.79. The van der Waals surface area contributed by atoms with E-state index in [9.17, 15) is 0 Å². The third-order valence-electron chi connectivity index (χ3n) is 4.10. The molecule has 21 heavy (non-hydrogen) atoms. The van der Waals surface area contributed by atoms with Gasteiger partial charge in [0, 0.05) is 25.0 Å². The Bertz CT molecular complexity index is 597. The average molecular weight is 282 g/mol. The lowest BCUT2D eigenvalue weighted by Crippen LogP contribution is -2.30. The summed E-state index contributed by atoms with van der Waals surface area (Å²) in [6.45, 7) is 3.55. The monoisotopic (exact) mass is 282 g/mol. The van der Waals surface area contributed by atoms with Crippen molar-refractivity contribution in [2.45, 2.75) is 25.4 Å². The van der Waals surface area contributed by atoms with Gasteiger partial charge in [-0.05, 0) is 29.7 Å². The van der Waals surface area contributed by atoms with Crippen molar-refractivity contribution in [2.24, 2.45) is 5.73 Å². The summed E-state index contributed by atoms with van der Waals surface area (Å²) in [5.74, 6) is 1.02. The van der Waals surface area contributed by atoms with E-state index in [1.54, 1.807) is 0 Å². The van der Waals surface area contributed by atoms with E-state index in [1.165, 1.54) is 16.7 Å². The SMILES string of the molecule is CC(NC(CN)c1ccc2c(c1)CCO2)c1ccccc1. The number of fused-ring (bicyclic) bond motifs is 1. The van der Waals surface area contributed by atoms with Gasteiger partial charge < -0.3 is 15.8 Å². The molecule has 2 atom stereocenters. The number of ether oxygens (including phenoxy) is 1. The molecule has 0 aromatic heterocycles. The van der Waals surface area contributed by atoms with E-state index in [2.05, 4.69) is 54.7 Å². The van der Waals surface area contributed by atoms with Crippen LogP contribution in [0.4, 0.5) is 0 Å². The number of rotatable bonds is 5.